The van der Waals surface area contributed by atoms with Gasteiger partial charge in [-0.15, -0.1) is 0 Å². The molecule has 0 fully saturated rings. The van der Waals surface area contributed by atoms with Crippen LogP contribution in [0, 0.1) is 0 Å². The predicted octanol–water partition coefficient (Wildman–Crippen LogP) is 1.51. The molecule has 1 aromatic carbocycles. The van der Waals surface area contributed by atoms with Crippen LogP contribution in [0.1, 0.15) is 13.8 Å². The number of carboxylic acid groups (broad SMARTS) is 1. The van der Waals surface area contributed by atoms with Gasteiger partial charge in [0, 0.05) is 0 Å². The average Bonchev–Trinajstić information content (AvgIpc) is 2.28. The molecule has 0 saturated carbocycles. The molecule has 0 heterocycles. The Kier molecular flexibility index (Phi) is 4.51. The summed E-state index contributed by atoms with van der Waals surface area (Å²) in [7, 11) is 0. The molecule has 1 unspecified atom stereocenters. The Morgan fingerprint density at radius 2 is 1.76 bits per heavy atom. The molecular weight excluding hydrogens is 224 g/mol. The second kappa shape index (κ2) is 5.89. The van der Waals surface area contributed by atoms with Crippen LogP contribution in [-0.2, 0) is 9.59 Å². The van der Waals surface area contributed by atoms with Crippen molar-refractivity contribution in [3.8, 4) is 11.5 Å². The minimum Gasteiger partial charge on any atom is -0.483 e. The minimum absolute atomic E-state index is 0.0591. The number of ether oxygens (including phenoxy) is 2. The predicted molar refractivity (Wildman–Crippen MR) is 60.3 cm³/mol. The zero-order valence-electron chi connectivity index (χ0n) is 9.67. The number of hydrogen-bond donors (Lipinski definition) is 1. The van der Waals surface area contributed by atoms with E-state index >= 15 is 0 Å². The highest BCUT2D eigenvalue weighted by atomic mass is 16.5. The maximum absolute atomic E-state index is 11.0. The van der Waals surface area contributed by atoms with Gasteiger partial charge in [-0.05, 0) is 38.1 Å². The number of carbonyl (C=O) groups excluding carboxylic acids is 1. The first-order valence-corrected chi connectivity index (χ1v) is 5.11. The zero-order chi connectivity index (χ0) is 12.8. The van der Waals surface area contributed by atoms with Crippen molar-refractivity contribution >= 4 is 11.8 Å². The summed E-state index contributed by atoms with van der Waals surface area (Å²) in [6.45, 7) is 2.73. The summed E-state index contributed by atoms with van der Waals surface area (Å²) in [5.74, 6) is -0.114. The number of Topliss-reactive ketones (excluding diaryl/α,β-unsaturated/α-hetero) is 1. The molecule has 1 atom stereocenters. The number of ketones is 1. The lowest BCUT2D eigenvalue weighted by Crippen LogP contribution is -2.20. The van der Waals surface area contributed by atoms with Gasteiger partial charge in [0.05, 0.1) is 0 Å². The molecule has 0 aliphatic rings. The standard InChI is InChI=1S/C12H14O5/c1-8(13)9(2)17-11-5-3-10(4-6-11)16-7-12(14)15/h3-6,9H,7H2,1-2H3,(H,14,15). The largest absolute Gasteiger partial charge is 0.483 e. The van der Waals surface area contributed by atoms with E-state index in [2.05, 4.69) is 0 Å². The Bertz CT molecular complexity index is 396. The van der Waals surface area contributed by atoms with Crippen molar-refractivity contribution < 1.29 is 24.2 Å². The number of benzene rings is 1. The highest BCUT2D eigenvalue weighted by Crippen LogP contribution is 2.18. The molecule has 0 aliphatic heterocycles. The number of rotatable bonds is 6. The van der Waals surface area contributed by atoms with Crippen molar-refractivity contribution in [3.63, 3.8) is 0 Å². The highest BCUT2D eigenvalue weighted by Gasteiger charge is 2.08. The molecule has 0 bridgehead atoms. The molecule has 1 N–H and O–H groups in total. The van der Waals surface area contributed by atoms with Gasteiger partial charge in [-0.2, -0.15) is 0 Å². The van der Waals surface area contributed by atoms with Gasteiger partial charge in [0.15, 0.2) is 18.5 Å². The maximum atomic E-state index is 11.0. The minimum atomic E-state index is -1.03. The van der Waals surface area contributed by atoms with E-state index in [1.54, 1.807) is 31.2 Å². The van der Waals surface area contributed by atoms with Crippen LogP contribution in [0.4, 0.5) is 0 Å². The Balaban J connectivity index is 2.55. The van der Waals surface area contributed by atoms with E-state index in [-0.39, 0.29) is 12.4 Å². The van der Waals surface area contributed by atoms with Crippen molar-refractivity contribution in [3.05, 3.63) is 24.3 Å². The number of carbonyl (C=O) groups is 2. The van der Waals surface area contributed by atoms with E-state index < -0.39 is 12.1 Å². The van der Waals surface area contributed by atoms with Crippen molar-refractivity contribution in [2.24, 2.45) is 0 Å². The lowest BCUT2D eigenvalue weighted by atomic mass is 10.3. The Morgan fingerprint density at radius 1 is 1.24 bits per heavy atom. The first-order valence-electron chi connectivity index (χ1n) is 5.11. The van der Waals surface area contributed by atoms with Crippen molar-refractivity contribution in [2.45, 2.75) is 20.0 Å². The third-order valence-electron chi connectivity index (χ3n) is 2.07. The number of hydrogen-bond acceptors (Lipinski definition) is 4. The third kappa shape index (κ3) is 4.55. The summed E-state index contributed by atoms with van der Waals surface area (Å²) in [5, 5.41) is 8.42. The van der Waals surface area contributed by atoms with Crippen LogP contribution in [0.3, 0.4) is 0 Å². The maximum Gasteiger partial charge on any atom is 0.341 e. The second-order valence-electron chi connectivity index (χ2n) is 3.52. The number of carboxylic acids is 1. The molecule has 0 amide bonds. The zero-order valence-corrected chi connectivity index (χ0v) is 9.67. The molecule has 0 aromatic heterocycles. The molecule has 1 aromatic rings. The number of aliphatic carboxylic acids is 1. The molecule has 92 valence electrons. The van der Waals surface area contributed by atoms with Crippen LogP contribution in [-0.4, -0.2) is 29.6 Å². The van der Waals surface area contributed by atoms with Gasteiger partial charge >= 0.3 is 5.97 Å². The normalized spacial score (nSPS) is 11.6. The fourth-order valence-electron chi connectivity index (χ4n) is 1.05. The lowest BCUT2D eigenvalue weighted by Gasteiger charge is -2.11. The van der Waals surface area contributed by atoms with E-state index in [1.807, 2.05) is 0 Å². The van der Waals surface area contributed by atoms with Gasteiger partial charge in [0.25, 0.3) is 0 Å². The van der Waals surface area contributed by atoms with Crippen molar-refractivity contribution in [1.29, 1.82) is 0 Å². The van der Waals surface area contributed by atoms with Crippen LogP contribution in [0.25, 0.3) is 0 Å². The van der Waals surface area contributed by atoms with Gasteiger partial charge in [0.2, 0.25) is 0 Å². The molecule has 5 heteroatoms. The monoisotopic (exact) mass is 238 g/mol. The molecule has 17 heavy (non-hydrogen) atoms. The van der Waals surface area contributed by atoms with Crippen molar-refractivity contribution in [2.75, 3.05) is 6.61 Å². The van der Waals surface area contributed by atoms with Gasteiger partial charge in [-0.3, -0.25) is 4.79 Å². The van der Waals surface area contributed by atoms with Crippen LogP contribution < -0.4 is 9.47 Å². The molecule has 5 nitrogen and oxygen atoms in total. The van der Waals surface area contributed by atoms with Crippen LogP contribution in [0.15, 0.2) is 24.3 Å². The summed E-state index contributed by atoms with van der Waals surface area (Å²) >= 11 is 0. The molecule has 0 spiro atoms. The Hall–Kier alpha value is -2.04. The summed E-state index contributed by atoms with van der Waals surface area (Å²) < 4.78 is 10.3. The quantitative estimate of drug-likeness (QED) is 0.813. The van der Waals surface area contributed by atoms with Gasteiger partial charge in [-0.25, -0.2) is 4.79 Å². The first kappa shape index (κ1) is 13.0. The van der Waals surface area contributed by atoms with E-state index in [1.165, 1.54) is 6.92 Å². The van der Waals surface area contributed by atoms with E-state index in [9.17, 15) is 9.59 Å². The summed E-state index contributed by atoms with van der Waals surface area (Å²) in [4.78, 5) is 21.3. The van der Waals surface area contributed by atoms with E-state index in [0.29, 0.717) is 11.5 Å². The summed E-state index contributed by atoms with van der Waals surface area (Å²) in [6.07, 6.45) is -0.499. The summed E-state index contributed by atoms with van der Waals surface area (Å²) in [6, 6.07) is 6.42. The fourth-order valence-corrected chi connectivity index (χ4v) is 1.05. The van der Waals surface area contributed by atoms with Gasteiger partial charge in [0.1, 0.15) is 11.5 Å². The topological polar surface area (TPSA) is 72.8 Å². The van der Waals surface area contributed by atoms with E-state index in [4.69, 9.17) is 14.6 Å². The molecule has 0 saturated heterocycles. The average molecular weight is 238 g/mol. The Morgan fingerprint density at radius 3 is 2.24 bits per heavy atom. The van der Waals surface area contributed by atoms with Crippen LogP contribution in [0.2, 0.25) is 0 Å². The van der Waals surface area contributed by atoms with Crippen molar-refractivity contribution in [1.82, 2.24) is 0 Å². The third-order valence-corrected chi connectivity index (χ3v) is 2.07. The first-order chi connectivity index (χ1) is 7.99. The fraction of sp³-hybridized carbons (Fsp3) is 0.333. The Labute approximate surface area is 99.0 Å². The molecule has 1 rings (SSSR count). The van der Waals surface area contributed by atoms with Gasteiger partial charge in [-0.1, -0.05) is 0 Å². The lowest BCUT2D eigenvalue weighted by molar-refractivity contribution is -0.139. The van der Waals surface area contributed by atoms with Gasteiger partial charge < -0.3 is 14.6 Å². The molecular formula is C12H14O5. The smallest absolute Gasteiger partial charge is 0.341 e. The van der Waals surface area contributed by atoms with E-state index in [0.717, 1.165) is 0 Å². The SMILES string of the molecule is CC(=O)C(C)Oc1ccc(OCC(=O)O)cc1. The van der Waals surface area contributed by atoms with Crippen LogP contribution >= 0.6 is 0 Å². The molecule has 0 aliphatic carbocycles. The van der Waals surface area contributed by atoms with Crippen LogP contribution in [0.5, 0.6) is 11.5 Å². The highest BCUT2D eigenvalue weighted by molar-refractivity contribution is 5.80. The summed E-state index contributed by atoms with van der Waals surface area (Å²) in [5.41, 5.74) is 0. The second-order valence-corrected chi connectivity index (χ2v) is 3.52. The molecule has 0 radical (unpaired) electrons.